The van der Waals surface area contributed by atoms with E-state index >= 15 is 0 Å². The Hall–Kier alpha value is -3.60. The minimum absolute atomic E-state index is 0.0124. The summed E-state index contributed by atoms with van der Waals surface area (Å²) in [5, 5.41) is 2.91. The molecule has 34 heavy (non-hydrogen) atoms. The molecule has 0 radical (unpaired) electrons. The van der Waals surface area contributed by atoms with Gasteiger partial charge in [-0.15, -0.1) is 0 Å². The van der Waals surface area contributed by atoms with Crippen molar-refractivity contribution in [2.24, 2.45) is 0 Å². The Balaban J connectivity index is 1.66. The quantitative estimate of drug-likeness (QED) is 0.361. The molecule has 178 valence electrons. The molecule has 0 fully saturated rings. The third kappa shape index (κ3) is 6.70. The van der Waals surface area contributed by atoms with E-state index in [-0.39, 0.29) is 11.8 Å². The summed E-state index contributed by atoms with van der Waals surface area (Å²) in [5.74, 6) is 0.389. The molecule has 0 bridgehead atoms. The van der Waals surface area contributed by atoms with Gasteiger partial charge in [0.15, 0.2) is 6.10 Å². The second-order valence-corrected chi connectivity index (χ2v) is 8.27. The highest BCUT2D eigenvalue weighted by Crippen LogP contribution is 2.23. The first-order chi connectivity index (χ1) is 16.5. The van der Waals surface area contributed by atoms with Crippen molar-refractivity contribution in [1.82, 2.24) is 4.90 Å². The Morgan fingerprint density at radius 3 is 2.09 bits per heavy atom. The minimum atomic E-state index is -0.640. The van der Waals surface area contributed by atoms with Gasteiger partial charge in [0.25, 0.3) is 11.8 Å². The van der Waals surface area contributed by atoms with Crippen molar-refractivity contribution < 1.29 is 14.3 Å². The van der Waals surface area contributed by atoms with Gasteiger partial charge in [0.2, 0.25) is 0 Å². The lowest BCUT2D eigenvalue weighted by Gasteiger charge is -2.22. The zero-order valence-corrected chi connectivity index (χ0v) is 20.3. The van der Waals surface area contributed by atoms with Crippen molar-refractivity contribution >= 4 is 17.5 Å². The lowest BCUT2D eigenvalue weighted by atomic mass is 10.1. The van der Waals surface area contributed by atoms with Crippen LogP contribution in [-0.2, 0) is 4.79 Å². The summed E-state index contributed by atoms with van der Waals surface area (Å²) in [6.45, 7) is 7.48. The zero-order valence-electron chi connectivity index (χ0n) is 20.3. The maximum absolute atomic E-state index is 12.9. The van der Waals surface area contributed by atoms with Gasteiger partial charge < -0.3 is 15.0 Å². The number of anilines is 1. The second-order valence-electron chi connectivity index (χ2n) is 8.27. The average molecular weight is 459 g/mol. The van der Waals surface area contributed by atoms with Gasteiger partial charge in [0.05, 0.1) is 0 Å². The Morgan fingerprint density at radius 2 is 1.47 bits per heavy atom. The molecule has 5 nitrogen and oxygen atoms in total. The molecule has 0 spiro atoms. The maximum atomic E-state index is 12.9. The molecule has 0 saturated carbocycles. The highest BCUT2D eigenvalue weighted by Gasteiger charge is 2.20. The molecular formula is C29H34N2O3. The van der Waals surface area contributed by atoms with Crippen LogP contribution in [0.2, 0.25) is 0 Å². The fraction of sp³-hybridized carbons (Fsp3) is 0.310. The van der Waals surface area contributed by atoms with E-state index in [1.54, 1.807) is 24.3 Å². The first kappa shape index (κ1) is 25.0. The zero-order chi connectivity index (χ0) is 24.3. The highest BCUT2D eigenvalue weighted by molar-refractivity contribution is 5.98. The SMILES string of the molecule is CCCN(CCC)C(=O)c1cccc(NC(=O)C(CC)Oc2ccc(-c3ccccc3)cc2)c1. The molecule has 3 aromatic carbocycles. The summed E-state index contributed by atoms with van der Waals surface area (Å²) >= 11 is 0. The van der Waals surface area contributed by atoms with Gasteiger partial charge in [-0.2, -0.15) is 0 Å². The summed E-state index contributed by atoms with van der Waals surface area (Å²) in [4.78, 5) is 27.7. The first-order valence-electron chi connectivity index (χ1n) is 12.1. The van der Waals surface area contributed by atoms with Crippen molar-refractivity contribution in [3.8, 4) is 16.9 Å². The van der Waals surface area contributed by atoms with Crippen molar-refractivity contribution in [3.63, 3.8) is 0 Å². The van der Waals surface area contributed by atoms with E-state index < -0.39 is 6.10 Å². The van der Waals surface area contributed by atoms with Gasteiger partial charge >= 0.3 is 0 Å². The lowest BCUT2D eigenvalue weighted by molar-refractivity contribution is -0.122. The largest absolute Gasteiger partial charge is 0.481 e. The number of carbonyl (C=O) groups excluding carboxylic acids is 2. The third-order valence-electron chi connectivity index (χ3n) is 5.55. The molecule has 0 aliphatic heterocycles. The molecule has 1 unspecified atom stereocenters. The third-order valence-corrected chi connectivity index (χ3v) is 5.55. The molecule has 1 N–H and O–H groups in total. The molecule has 3 rings (SSSR count). The van der Waals surface area contributed by atoms with Crippen LogP contribution in [0.4, 0.5) is 5.69 Å². The lowest BCUT2D eigenvalue weighted by Crippen LogP contribution is -2.33. The predicted octanol–water partition coefficient (Wildman–Crippen LogP) is 6.41. The van der Waals surface area contributed by atoms with Crippen LogP contribution in [0.5, 0.6) is 5.75 Å². The normalized spacial score (nSPS) is 11.5. The van der Waals surface area contributed by atoms with Crippen LogP contribution in [0, 0.1) is 0 Å². The van der Waals surface area contributed by atoms with Crippen LogP contribution in [0.15, 0.2) is 78.9 Å². The number of amides is 2. The van der Waals surface area contributed by atoms with Crippen LogP contribution >= 0.6 is 0 Å². The summed E-state index contributed by atoms with van der Waals surface area (Å²) in [6.07, 6.45) is 1.69. The molecule has 0 aliphatic rings. The molecule has 0 heterocycles. The first-order valence-corrected chi connectivity index (χ1v) is 12.1. The van der Waals surface area contributed by atoms with Crippen molar-refractivity contribution in [2.75, 3.05) is 18.4 Å². The number of carbonyl (C=O) groups is 2. The minimum Gasteiger partial charge on any atom is -0.481 e. The second kappa shape index (κ2) is 12.6. The fourth-order valence-corrected chi connectivity index (χ4v) is 3.83. The van der Waals surface area contributed by atoms with Crippen LogP contribution < -0.4 is 10.1 Å². The van der Waals surface area contributed by atoms with E-state index in [2.05, 4.69) is 31.3 Å². The Morgan fingerprint density at radius 1 is 0.824 bits per heavy atom. The molecule has 2 amide bonds. The molecule has 1 atom stereocenters. The van der Waals surface area contributed by atoms with Gasteiger partial charge in [-0.3, -0.25) is 9.59 Å². The van der Waals surface area contributed by atoms with Crippen LogP contribution in [0.3, 0.4) is 0 Å². The van der Waals surface area contributed by atoms with E-state index in [0.29, 0.717) is 23.4 Å². The van der Waals surface area contributed by atoms with E-state index in [1.165, 1.54) is 0 Å². The van der Waals surface area contributed by atoms with Gasteiger partial charge in [-0.05, 0) is 60.7 Å². The topological polar surface area (TPSA) is 58.6 Å². The van der Waals surface area contributed by atoms with Crippen molar-refractivity contribution in [2.45, 2.75) is 46.1 Å². The summed E-state index contributed by atoms with van der Waals surface area (Å²) in [5.41, 5.74) is 3.38. The van der Waals surface area contributed by atoms with Crippen molar-refractivity contribution in [1.29, 1.82) is 0 Å². The number of benzene rings is 3. The Kier molecular flexibility index (Phi) is 9.27. The molecule has 5 heteroatoms. The van der Waals surface area contributed by atoms with Crippen molar-refractivity contribution in [3.05, 3.63) is 84.4 Å². The summed E-state index contributed by atoms with van der Waals surface area (Å²) in [6, 6.07) is 25.0. The van der Waals surface area contributed by atoms with E-state index in [0.717, 1.165) is 37.1 Å². The molecular weight excluding hydrogens is 424 g/mol. The van der Waals surface area contributed by atoms with Gasteiger partial charge in [0.1, 0.15) is 5.75 Å². The number of hydrogen-bond acceptors (Lipinski definition) is 3. The van der Waals surface area contributed by atoms with Gasteiger partial charge in [-0.25, -0.2) is 0 Å². The predicted molar refractivity (Wildman–Crippen MR) is 138 cm³/mol. The smallest absolute Gasteiger partial charge is 0.265 e. The van der Waals surface area contributed by atoms with Crippen LogP contribution in [0.1, 0.15) is 50.4 Å². The molecule has 0 aliphatic carbocycles. The monoisotopic (exact) mass is 458 g/mol. The standard InChI is InChI=1S/C29H34N2O3/c1-4-19-31(20-5-2)29(33)24-13-10-14-25(21-24)30-28(32)27(6-3)34-26-17-15-23(16-18-26)22-11-8-7-9-12-22/h7-18,21,27H,4-6,19-20H2,1-3H3,(H,30,32). The van der Waals surface area contributed by atoms with E-state index in [4.69, 9.17) is 4.74 Å². The van der Waals surface area contributed by atoms with E-state index in [9.17, 15) is 9.59 Å². The van der Waals surface area contributed by atoms with Crippen LogP contribution in [-0.4, -0.2) is 35.9 Å². The number of rotatable bonds is 11. The summed E-state index contributed by atoms with van der Waals surface area (Å²) in [7, 11) is 0. The Labute approximate surface area is 202 Å². The van der Waals surface area contributed by atoms with Gasteiger partial charge in [0, 0.05) is 24.3 Å². The molecule has 0 aromatic heterocycles. The van der Waals surface area contributed by atoms with E-state index in [1.807, 2.05) is 54.3 Å². The number of hydrogen-bond donors (Lipinski definition) is 1. The number of nitrogens with zero attached hydrogens (tertiary/aromatic N) is 1. The number of ether oxygens (including phenoxy) is 1. The molecule has 3 aromatic rings. The highest BCUT2D eigenvalue weighted by atomic mass is 16.5. The summed E-state index contributed by atoms with van der Waals surface area (Å²) < 4.78 is 5.98. The average Bonchev–Trinajstić information content (AvgIpc) is 2.87. The maximum Gasteiger partial charge on any atom is 0.265 e. The van der Waals surface area contributed by atoms with Crippen LogP contribution in [0.25, 0.3) is 11.1 Å². The number of nitrogens with one attached hydrogen (secondary N) is 1. The molecule has 0 saturated heterocycles. The fourth-order valence-electron chi connectivity index (χ4n) is 3.83. The Bertz CT molecular complexity index is 1060. The van der Waals surface area contributed by atoms with Gasteiger partial charge in [-0.1, -0.05) is 69.3 Å².